The molecule has 9 nitrogen and oxygen atoms in total. The number of ether oxygens (including phenoxy) is 1. The molecule has 0 saturated carbocycles. The third kappa shape index (κ3) is 3.12. The van der Waals surface area contributed by atoms with Gasteiger partial charge in [-0.05, 0) is 25.1 Å². The van der Waals surface area contributed by atoms with Crippen molar-refractivity contribution >= 4 is 11.7 Å². The fourth-order valence-electron chi connectivity index (χ4n) is 2.84. The summed E-state index contributed by atoms with van der Waals surface area (Å²) in [5.74, 6) is -3.81. The van der Waals surface area contributed by atoms with E-state index in [1.807, 2.05) is 0 Å². The number of aliphatic hydroxyl groups is 3. The van der Waals surface area contributed by atoms with Gasteiger partial charge < -0.3 is 25.4 Å². The number of nitrogens with one attached hydrogen (secondary N) is 1. The molecule has 1 aliphatic rings. The number of rotatable bonds is 4. The zero-order chi connectivity index (χ0) is 19.8. The summed E-state index contributed by atoms with van der Waals surface area (Å²) in [6, 6.07) is 9.32. The average molecular weight is 379 g/mol. The van der Waals surface area contributed by atoms with E-state index in [-0.39, 0.29) is 5.82 Å². The van der Waals surface area contributed by atoms with Crippen LogP contribution in [0.2, 0.25) is 0 Å². The minimum Gasteiger partial charge on any atom is -0.394 e. The standard InChI is InChI=1S/C17H18FN3O6/c1-16(26)13(23)11(9-22)27-17(16,18)21-8-7-12(20-15(21)25)19-14(24)10-5-3-2-4-6-10/h2-8,11,13,22-23,26H,9H2,1H3,(H,19,20,24,25)/t11-,13-,16-,17+/m1/s1. The van der Waals surface area contributed by atoms with Crippen molar-refractivity contribution in [3.63, 3.8) is 0 Å². The molecule has 1 fully saturated rings. The van der Waals surface area contributed by atoms with Gasteiger partial charge in [0.2, 0.25) is 0 Å². The second-order valence-corrected chi connectivity index (χ2v) is 6.28. The van der Waals surface area contributed by atoms with Gasteiger partial charge in [0, 0.05) is 11.8 Å². The molecule has 1 aromatic carbocycles. The van der Waals surface area contributed by atoms with E-state index in [0.717, 1.165) is 19.2 Å². The molecule has 4 atom stereocenters. The van der Waals surface area contributed by atoms with Crippen molar-refractivity contribution in [3.8, 4) is 0 Å². The molecule has 144 valence electrons. The minimum atomic E-state index is -3.16. The molecule has 3 rings (SSSR count). The van der Waals surface area contributed by atoms with Crippen molar-refractivity contribution in [2.75, 3.05) is 11.9 Å². The minimum absolute atomic E-state index is 0.134. The SMILES string of the molecule is C[C@@]1(O)[C@H](O)[C@@H](CO)O[C@@]1(F)n1ccc(NC(=O)c2ccccc2)nc1=O. The Kier molecular flexibility index (Phi) is 4.82. The number of amides is 1. The van der Waals surface area contributed by atoms with Crippen LogP contribution in [0.25, 0.3) is 0 Å². The van der Waals surface area contributed by atoms with Gasteiger partial charge in [0.25, 0.3) is 5.91 Å². The number of benzene rings is 1. The molecule has 0 unspecified atom stereocenters. The predicted molar refractivity (Wildman–Crippen MR) is 90.6 cm³/mol. The van der Waals surface area contributed by atoms with Gasteiger partial charge in [-0.15, -0.1) is 0 Å². The van der Waals surface area contributed by atoms with Crippen molar-refractivity contribution in [2.24, 2.45) is 0 Å². The molecule has 4 N–H and O–H groups in total. The Balaban J connectivity index is 1.89. The summed E-state index contributed by atoms with van der Waals surface area (Å²) < 4.78 is 20.6. The molecule has 1 saturated heterocycles. The normalized spacial score (nSPS) is 30.3. The predicted octanol–water partition coefficient (Wildman–Crippen LogP) is -0.422. The first-order valence-corrected chi connectivity index (χ1v) is 8.05. The monoisotopic (exact) mass is 379 g/mol. The van der Waals surface area contributed by atoms with E-state index < -0.39 is 42.0 Å². The van der Waals surface area contributed by atoms with Gasteiger partial charge in [-0.2, -0.15) is 9.37 Å². The van der Waals surface area contributed by atoms with E-state index in [4.69, 9.17) is 9.84 Å². The Labute approximate surface area is 152 Å². The Hall–Kier alpha value is -2.66. The Morgan fingerprint density at radius 3 is 2.59 bits per heavy atom. The Morgan fingerprint density at radius 1 is 1.37 bits per heavy atom. The topological polar surface area (TPSA) is 134 Å². The second-order valence-electron chi connectivity index (χ2n) is 6.28. The summed E-state index contributed by atoms with van der Waals surface area (Å²) in [4.78, 5) is 27.9. The summed E-state index contributed by atoms with van der Waals surface area (Å²) in [5.41, 5.74) is -3.36. The van der Waals surface area contributed by atoms with E-state index in [2.05, 4.69) is 10.3 Å². The van der Waals surface area contributed by atoms with E-state index >= 15 is 4.39 Å². The number of alkyl halides is 1. The van der Waals surface area contributed by atoms with Crippen molar-refractivity contribution in [2.45, 2.75) is 30.7 Å². The fourth-order valence-corrected chi connectivity index (χ4v) is 2.84. The molecule has 0 spiro atoms. The van der Waals surface area contributed by atoms with Crippen LogP contribution in [-0.4, -0.2) is 55.2 Å². The van der Waals surface area contributed by atoms with Crippen molar-refractivity contribution in [1.29, 1.82) is 0 Å². The van der Waals surface area contributed by atoms with Gasteiger partial charge >= 0.3 is 11.7 Å². The lowest BCUT2D eigenvalue weighted by Gasteiger charge is -2.32. The van der Waals surface area contributed by atoms with Crippen LogP contribution in [-0.2, 0) is 10.7 Å². The lowest BCUT2D eigenvalue weighted by Crippen LogP contribution is -2.56. The first-order valence-electron chi connectivity index (χ1n) is 8.05. The van der Waals surface area contributed by atoms with Gasteiger partial charge in [0.05, 0.1) is 6.61 Å². The molecular weight excluding hydrogens is 361 g/mol. The molecule has 2 aromatic rings. The zero-order valence-electron chi connectivity index (χ0n) is 14.2. The first-order chi connectivity index (χ1) is 12.7. The van der Waals surface area contributed by atoms with Crippen molar-refractivity contribution in [3.05, 3.63) is 58.6 Å². The molecule has 1 aromatic heterocycles. The summed E-state index contributed by atoms with van der Waals surface area (Å²) >= 11 is 0. The van der Waals surface area contributed by atoms with Crippen LogP contribution in [0.3, 0.4) is 0 Å². The Morgan fingerprint density at radius 2 is 2.04 bits per heavy atom. The van der Waals surface area contributed by atoms with E-state index in [1.165, 1.54) is 0 Å². The van der Waals surface area contributed by atoms with Crippen LogP contribution in [0.15, 0.2) is 47.4 Å². The number of aliphatic hydroxyl groups excluding tert-OH is 2. The third-order valence-corrected chi connectivity index (χ3v) is 4.43. The van der Waals surface area contributed by atoms with Crippen LogP contribution in [0.1, 0.15) is 17.3 Å². The molecule has 10 heteroatoms. The summed E-state index contributed by atoms with van der Waals surface area (Å²) in [6.45, 7) is 0.168. The van der Waals surface area contributed by atoms with Crippen LogP contribution >= 0.6 is 0 Å². The number of hydrogen-bond acceptors (Lipinski definition) is 7. The van der Waals surface area contributed by atoms with Crippen molar-refractivity contribution in [1.82, 2.24) is 9.55 Å². The molecule has 0 aliphatic carbocycles. The maximum absolute atomic E-state index is 15.3. The highest BCUT2D eigenvalue weighted by molar-refractivity contribution is 6.03. The highest BCUT2D eigenvalue weighted by atomic mass is 19.2. The summed E-state index contributed by atoms with van der Waals surface area (Å²) in [7, 11) is 0. The van der Waals surface area contributed by atoms with Gasteiger partial charge in [-0.1, -0.05) is 18.2 Å². The highest BCUT2D eigenvalue weighted by Crippen LogP contribution is 2.43. The lowest BCUT2D eigenvalue weighted by molar-refractivity contribution is -0.274. The van der Waals surface area contributed by atoms with Gasteiger partial charge in [0.15, 0.2) is 5.60 Å². The van der Waals surface area contributed by atoms with Crippen LogP contribution in [0.5, 0.6) is 0 Å². The molecule has 0 radical (unpaired) electrons. The fraction of sp³-hybridized carbons (Fsp3) is 0.353. The highest BCUT2D eigenvalue weighted by Gasteiger charge is 2.65. The largest absolute Gasteiger partial charge is 0.394 e. The van der Waals surface area contributed by atoms with E-state index in [9.17, 15) is 19.8 Å². The van der Waals surface area contributed by atoms with E-state index in [0.29, 0.717) is 10.1 Å². The maximum atomic E-state index is 15.3. The van der Waals surface area contributed by atoms with Gasteiger partial charge in [-0.25, -0.2) is 9.36 Å². The molecule has 2 heterocycles. The van der Waals surface area contributed by atoms with Crippen LogP contribution < -0.4 is 11.0 Å². The average Bonchev–Trinajstić information content (AvgIpc) is 2.82. The third-order valence-electron chi connectivity index (χ3n) is 4.43. The number of carbonyl (C=O) groups excluding carboxylic acids is 1. The van der Waals surface area contributed by atoms with Crippen LogP contribution in [0.4, 0.5) is 10.2 Å². The van der Waals surface area contributed by atoms with Gasteiger partial charge in [-0.3, -0.25) is 4.79 Å². The Bertz CT molecular complexity index is 903. The summed E-state index contributed by atoms with van der Waals surface area (Å²) in [6.07, 6.45) is -2.29. The second kappa shape index (κ2) is 6.82. The van der Waals surface area contributed by atoms with Crippen LogP contribution in [0, 0.1) is 0 Å². The molecule has 27 heavy (non-hydrogen) atoms. The maximum Gasteiger partial charge on any atom is 0.354 e. The van der Waals surface area contributed by atoms with Crippen molar-refractivity contribution < 1.29 is 29.2 Å². The summed E-state index contributed by atoms with van der Waals surface area (Å²) in [5, 5.41) is 31.8. The quantitative estimate of drug-likeness (QED) is 0.567. The first kappa shape index (κ1) is 19.1. The lowest BCUT2D eigenvalue weighted by atomic mass is 9.95. The number of nitrogens with zero attached hydrogens (tertiary/aromatic N) is 2. The molecule has 1 amide bonds. The smallest absolute Gasteiger partial charge is 0.354 e. The number of hydrogen-bond donors (Lipinski definition) is 4. The zero-order valence-corrected chi connectivity index (χ0v) is 14.2. The number of halogens is 1. The molecular formula is C17H18FN3O6. The number of anilines is 1. The van der Waals surface area contributed by atoms with Gasteiger partial charge in [0.1, 0.15) is 18.0 Å². The number of carbonyl (C=O) groups is 1. The molecule has 0 bridgehead atoms. The number of aromatic nitrogens is 2. The molecule has 1 aliphatic heterocycles. The van der Waals surface area contributed by atoms with E-state index in [1.54, 1.807) is 30.3 Å².